The topological polar surface area (TPSA) is 62.6 Å². The van der Waals surface area contributed by atoms with E-state index < -0.39 is 10.0 Å². The summed E-state index contributed by atoms with van der Waals surface area (Å²) in [6.45, 7) is 3.64. The molecular formula is C21H27N3O3S2. The molecule has 0 spiro atoms. The molecule has 2 saturated heterocycles. The van der Waals surface area contributed by atoms with Gasteiger partial charge in [0.15, 0.2) is 0 Å². The van der Waals surface area contributed by atoms with Gasteiger partial charge in [-0.2, -0.15) is 0 Å². The third kappa shape index (κ3) is 4.39. The molecule has 1 aromatic heterocycles. The molecule has 0 N–H and O–H groups in total. The fourth-order valence-electron chi connectivity index (χ4n) is 4.04. The van der Waals surface area contributed by atoms with Crippen LogP contribution in [0.25, 0.3) is 0 Å². The first-order valence-electron chi connectivity index (χ1n) is 10.2. The van der Waals surface area contributed by atoms with Crippen LogP contribution in [0.4, 0.5) is 0 Å². The second-order valence-electron chi connectivity index (χ2n) is 7.51. The van der Waals surface area contributed by atoms with Crippen molar-refractivity contribution >= 4 is 27.7 Å². The van der Waals surface area contributed by atoms with Crippen LogP contribution >= 0.6 is 11.8 Å². The number of likely N-dealkylation sites (tertiary alicyclic amines) is 1. The van der Waals surface area contributed by atoms with Crippen LogP contribution in [-0.4, -0.2) is 60.0 Å². The van der Waals surface area contributed by atoms with E-state index in [-0.39, 0.29) is 16.2 Å². The van der Waals surface area contributed by atoms with Gasteiger partial charge in [0.05, 0.1) is 10.6 Å². The number of benzene rings is 1. The summed E-state index contributed by atoms with van der Waals surface area (Å²) in [4.78, 5) is 17.3. The number of thioether (sulfide) groups is 1. The Morgan fingerprint density at radius 2 is 1.72 bits per heavy atom. The van der Waals surface area contributed by atoms with E-state index in [1.807, 2.05) is 11.0 Å². The van der Waals surface area contributed by atoms with Gasteiger partial charge in [-0.05, 0) is 50.2 Å². The maximum Gasteiger partial charge on any atom is 0.267 e. The first-order valence-corrected chi connectivity index (χ1v) is 12.7. The van der Waals surface area contributed by atoms with Crippen molar-refractivity contribution in [1.29, 1.82) is 0 Å². The van der Waals surface area contributed by atoms with Crippen LogP contribution in [0.15, 0.2) is 53.6 Å². The Morgan fingerprint density at radius 3 is 2.48 bits per heavy atom. The number of aromatic nitrogens is 1. The molecular weight excluding hydrogens is 406 g/mol. The molecule has 1 amide bonds. The Hall–Kier alpha value is -1.77. The van der Waals surface area contributed by atoms with Crippen LogP contribution < -0.4 is 0 Å². The Morgan fingerprint density at radius 1 is 0.966 bits per heavy atom. The Kier molecular flexibility index (Phi) is 6.32. The van der Waals surface area contributed by atoms with Gasteiger partial charge in [-0.1, -0.05) is 24.6 Å². The summed E-state index contributed by atoms with van der Waals surface area (Å²) < 4.78 is 27.7. The number of carbonyl (C=O) groups excluding carboxylic acids is 1. The minimum absolute atomic E-state index is 0.107. The number of amides is 1. The predicted molar refractivity (Wildman–Crippen MR) is 115 cm³/mol. The van der Waals surface area contributed by atoms with E-state index in [0.717, 1.165) is 19.6 Å². The lowest BCUT2D eigenvalue weighted by Crippen LogP contribution is -2.44. The van der Waals surface area contributed by atoms with Crippen molar-refractivity contribution in [2.45, 2.75) is 36.0 Å². The summed E-state index contributed by atoms with van der Waals surface area (Å²) in [5.41, 5.74) is 0.644. The van der Waals surface area contributed by atoms with Gasteiger partial charge in [0.2, 0.25) is 5.91 Å². The van der Waals surface area contributed by atoms with Crippen LogP contribution in [0, 0.1) is 0 Å². The van der Waals surface area contributed by atoms with Gasteiger partial charge in [-0.3, -0.25) is 4.79 Å². The van der Waals surface area contributed by atoms with Crippen molar-refractivity contribution in [3.05, 3.63) is 54.4 Å². The lowest BCUT2D eigenvalue weighted by atomic mass is 10.1. The van der Waals surface area contributed by atoms with Gasteiger partial charge < -0.3 is 9.80 Å². The molecule has 29 heavy (non-hydrogen) atoms. The second kappa shape index (κ2) is 8.93. The Bertz CT molecular complexity index is 937. The molecule has 3 heterocycles. The third-order valence-electron chi connectivity index (χ3n) is 5.60. The van der Waals surface area contributed by atoms with Gasteiger partial charge in [0.1, 0.15) is 5.37 Å². The molecule has 2 aliphatic heterocycles. The van der Waals surface area contributed by atoms with Gasteiger partial charge in [-0.15, -0.1) is 11.8 Å². The standard InChI is InChI=1S/C21H27N3O3S2/c25-20-11-17-28-21(23(20)16-15-22-12-5-2-6-13-22)19-10-7-14-24(19)29(26,27)18-8-3-1-4-9-18/h1,3-4,7-10,14,21H,2,5-6,11-13,15-17H2. The summed E-state index contributed by atoms with van der Waals surface area (Å²) >= 11 is 1.65. The molecule has 1 aromatic carbocycles. The predicted octanol–water partition coefficient (Wildman–Crippen LogP) is 3.18. The highest BCUT2D eigenvalue weighted by atomic mass is 32.2. The zero-order chi connectivity index (χ0) is 20.3. The lowest BCUT2D eigenvalue weighted by molar-refractivity contribution is -0.132. The minimum atomic E-state index is -3.70. The Labute approximate surface area is 176 Å². The lowest BCUT2D eigenvalue weighted by Gasteiger charge is -2.37. The van der Waals surface area contributed by atoms with E-state index in [0.29, 0.717) is 24.4 Å². The monoisotopic (exact) mass is 433 g/mol. The van der Waals surface area contributed by atoms with Crippen LogP contribution in [0.3, 0.4) is 0 Å². The molecule has 0 bridgehead atoms. The molecule has 2 fully saturated rings. The fourth-order valence-corrected chi connectivity index (χ4v) is 6.78. The summed E-state index contributed by atoms with van der Waals surface area (Å²) in [7, 11) is -3.70. The van der Waals surface area contributed by atoms with Crippen LogP contribution in [0.2, 0.25) is 0 Å². The molecule has 8 heteroatoms. The van der Waals surface area contributed by atoms with E-state index in [4.69, 9.17) is 0 Å². The summed E-state index contributed by atoms with van der Waals surface area (Å²) in [5, 5.41) is -0.283. The number of nitrogens with zero attached hydrogens (tertiary/aromatic N) is 3. The summed E-state index contributed by atoms with van der Waals surface area (Å²) in [6.07, 6.45) is 5.80. The highest BCUT2D eigenvalue weighted by Gasteiger charge is 2.34. The molecule has 6 nitrogen and oxygen atoms in total. The van der Waals surface area contributed by atoms with Crippen molar-refractivity contribution in [3.8, 4) is 0 Å². The fraction of sp³-hybridized carbons (Fsp3) is 0.476. The van der Waals surface area contributed by atoms with Crippen molar-refractivity contribution in [3.63, 3.8) is 0 Å². The Balaban J connectivity index is 1.59. The zero-order valence-electron chi connectivity index (χ0n) is 16.4. The second-order valence-corrected chi connectivity index (χ2v) is 10.5. The molecule has 4 rings (SSSR count). The highest BCUT2D eigenvalue weighted by Crippen LogP contribution is 2.38. The highest BCUT2D eigenvalue weighted by molar-refractivity contribution is 7.99. The van der Waals surface area contributed by atoms with E-state index in [1.165, 1.54) is 23.2 Å². The first kappa shape index (κ1) is 20.5. The van der Waals surface area contributed by atoms with E-state index in [1.54, 1.807) is 54.4 Å². The molecule has 0 radical (unpaired) electrons. The summed E-state index contributed by atoms with van der Waals surface area (Å²) in [5.74, 6) is 0.816. The van der Waals surface area contributed by atoms with E-state index >= 15 is 0 Å². The number of rotatable bonds is 6. The maximum absolute atomic E-state index is 13.2. The number of hydrogen-bond donors (Lipinski definition) is 0. The van der Waals surface area contributed by atoms with E-state index in [2.05, 4.69) is 4.90 Å². The quantitative estimate of drug-likeness (QED) is 0.700. The number of hydrogen-bond acceptors (Lipinski definition) is 5. The first-order chi connectivity index (χ1) is 14.1. The van der Waals surface area contributed by atoms with Crippen molar-refractivity contribution < 1.29 is 13.2 Å². The largest absolute Gasteiger partial charge is 0.324 e. The van der Waals surface area contributed by atoms with Gasteiger partial charge in [0, 0.05) is 31.5 Å². The van der Waals surface area contributed by atoms with Gasteiger partial charge in [-0.25, -0.2) is 12.4 Å². The van der Waals surface area contributed by atoms with Crippen molar-refractivity contribution in [1.82, 2.24) is 13.8 Å². The number of carbonyl (C=O) groups is 1. The van der Waals surface area contributed by atoms with Crippen molar-refractivity contribution in [2.75, 3.05) is 31.9 Å². The smallest absolute Gasteiger partial charge is 0.267 e. The summed E-state index contributed by atoms with van der Waals surface area (Å²) in [6, 6.07) is 12.0. The minimum Gasteiger partial charge on any atom is -0.324 e. The van der Waals surface area contributed by atoms with Crippen LogP contribution in [0.1, 0.15) is 36.8 Å². The molecule has 156 valence electrons. The third-order valence-corrected chi connectivity index (χ3v) is 8.57. The average Bonchev–Trinajstić information content (AvgIpc) is 3.25. The molecule has 1 unspecified atom stereocenters. The molecule has 2 aliphatic rings. The molecule has 2 aromatic rings. The zero-order valence-corrected chi connectivity index (χ0v) is 18.1. The van der Waals surface area contributed by atoms with E-state index in [9.17, 15) is 13.2 Å². The normalized spacial score (nSPS) is 21.4. The molecule has 0 aliphatic carbocycles. The van der Waals surface area contributed by atoms with Gasteiger partial charge in [0.25, 0.3) is 10.0 Å². The van der Waals surface area contributed by atoms with Crippen LogP contribution in [0.5, 0.6) is 0 Å². The van der Waals surface area contributed by atoms with Crippen LogP contribution in [-0.2, 0) is 14.8 Å². The average molecular weight is 434 g/mol. The maximum atomic E-state index is 13.2. The van der Waals surface area contributed by atoms with Crippen molar-refractivity contribution in [2.24, 2.45) is 0 Å². The van der Waals surface area contributed by atoms with Gasteiger partial charge >= 0.3 is 0 Å². The number of piperidine rings is 1. The molecule has 0 saturated carbocycles. The molecule has 1 atom stereocenters. The SMILES string of the molecule is O=C1CCSC(c2cccn2S(=O)(=O)c2ccccc2)N1CCN1CCCCC1.